The fraction of sp³-hybridized carbons (Fsp3) is 0.373. The van der Waals surface area contributed by atoms with Gasteiger partial charge in [0.25, 0.3) is 11.8 Å². The van der Waals surface area contributed by atoms with Gasteiger partial charge in [-0.1, -0.05) is 155 Å². The molecule has 0 unspecified atom stereocenters. The van der Waals surface area contributed by atoms with Crippen LogP contribution < -0.4 is 93.5 Å². The summed E-state index contributed by atoms with van der Waals surface area (Å²) < 4.78 is 39.3. The molecule has 0 aliphatic rings. The molecule has 0 aliphatic heterocycles. The predicted octanol–water partition coefficient (Wildman–Crippen LogP) is 12.0. The number of H-pyrrole nitrogens is 3. The Hall–Kier alpha value is -10.4. The van der Waals surface area contributed by atoms with Crippen LogP contribution in [-0.4, -0.2) is 139 Å². The average molecular weight is 1600 g/mol. The Morgan fingerprint density at radius 2 is 0.743 bits per heavy atom. The van der Waals surface area contributed by atoms with E-state index >= 15 is 0 Å². The van der Waals surface area contributed by atoms with Gasteiger partial charge >= 0.3 is 82.0 Å². The number of benzene rings is 6. The number of fused-ring (bicyclic) bond motifs is 3. The number of aromatic carboxylic acids is 1. The molecule has 30 heteroatoms. The van der Waals surface area contributed by atoms with Crippen LogP contribution in [0.1, 0.15) is 183 Å². The van der Waals surface area contributed by atoms with Crippen LogP contribution in [0, 0.1) is 0 Å². The Kier molecular flexibility index (Phi) is 37.8. The third kappa shape index (κ3) is 26.1. The Morgan fingerprint density at radius 1 is 0.434 bits per heavy atom. The normalized spacial score (nSPS) is 11.0. The summed E-state index contributed by atoms with van der Waals surface area (Å²) in [6.07, 6.45) is 0.525. The predicted molar refractivity (Wildman–Crippen MR) is 431 cm³/mol. The number of methoxy groups -OCH3 is 4. The zero-order valence-electron chi connectivity index (χ0n) is 66.4. The first-order valence-corrected chi connectivity index (χ1v) is 34.0. The minimum atomic E-state index is -1.21. The number of carbonyl (C=O) groups is 7. The maximum absolute atomic E-state index is 13.3. The monoisotopic (exact) mass is 1590 g/mol. The first-order valence-electron chi connectivity index (χ1n) is 34.0. The molecule has 113 heavy (non-hydrogen) atoms. The molecule has 3 heterocycles. The van der Waals surface area contributed by atoms with E-state index in [9.17, 15) is 58.2 Å². The van der Waals surface area contributed by atoms with Crippen LogP contribution in [0.15, 0.2) is 142 Å². The zero-order valence-corrected chi connectivity index (χ0v) is 69.5. The van der Waals surface area contributed by atoms with Gasteiger partial charge in [0.05, 0.1) is 35.0 Å². The van der Waals surface area contributed by atoms with E-state index < -0.39 is 74.9 Å². The van der Waals surface area contributed by atoms with Crippen molar-refractivity contribution >= 4 is 92.2 Å². The van der Waals surface area contributed by atoms with Gasteiger partial charge in [-0.3, -0.25) is 24.0 Å². The number of aliphatic hydroxyl groups is 2. The van der Waals surface area contributed by atoms with Gasteiger partial charge in [0, 0.05) is 127 Å². The third-order valence-electron chi connectivity index (χ3n) is 17.2. The number of anilines is 3. The first kappa shape index (κ1) is 101. The van der Waals surface area contributed by atoms with Crippen molar-refractivity contribution in [2.75, 3.05) is 71.7 Å². The van der Waals surface area contributed by atoms with Crippen molar-refractivity contribution in [3.8, 4) is 17.2 Å². The van der Waals surface area contributed by atoms with Crippen molar-refractivity contribution in [1.82, 2.24) is 15.0 Å². The Morgan fingerprint density at radius 3 is 1.08 bits per heavy atom. The van der Waals surface area contributed by atoms with E-state index in [0.29, 0.717) is 72.0 Å². The second-order valence-electron chi connectivity index (χ2n) is 29.8. The summed E-state index contributed by atoms with van der Waals surface area (Å²) >= 11 is 0. The van der Waals surface area contributed by atoms with E-state index in [-0.39, 0.29) is 142 Å². The molecular weight excluding hydrogens is 1490 g/mol. The zero-order chi connectivity index (χ0) is 82.1. The van der Waals surface area contributed by atoms with Crippen LogP contribution in [0.4, 0.5) is 36.2 Å². The second-order valence-corrected chi connectivity index (χ2v) is 29.8. The molecule has 608 valence electrons. The van der Waals surface area contributed by atoms with Gasteiger partial charge in [0.15, 0.2) is 0 Å². The number of amides is 2. The summed E-state index contributed by atoms with van der Waals surface area (Å²) in [5.41, 5.74) is 8.72. The van der Waals surface area contributed by atoms with Crippen molar-refractivity contribution in [2.24, 2.45) is 0 Å². The number of aromatic hydroxyl groups is 1. The minimum Gasteiger partial charge on any atom is -0.870 e. The minimum absolute atomic E-state index is 0. The van der Waals surface area contributed by atoms with Crippen molar-refractivity contribution in [3.63, 3.8) is 0 Å². The van der Waals surface area contributed by atoms with Gasteiger partial charge in [0.1, 0.15) is 47.2 Å². The number of aromatic amines is 3. The molecule has 29 nitrogen and oxygen atoms in total. The van der Waals surface area contributed by atoms with Crippen LogP contribution in [-0.2, 0) is 60.9 Å². The van der Waals surface area contributed by atoms with E-state index in [4.69, 9.17) is 34.9 Å². The van der Waals surface area contributed by atoms with Gasteiger partial charge in [-0.25, -0.2) is 24.0 Å². The number of nitrogen functional groups attached to an aromatic ring is 1. The number of ether oxygens (including phenoxy) is 8. The smallest absolute Gasteiger partial charge is 0.870 e. The van der Waals surface area contributed by atoms with Crippen LogP contribution in [0.25, 0.3) is 32.7 Å². The SMILES string of the molecule is C.C.CC(C)(C)c1cc(C(C)(C)CO)c(O)cc1NC(=O)c1c[nH]c2ccccc2c1=O.CO.COC(=O)OCC(C)(C)c1cc(C(C)(C)C)c(N)cc1OC(=O)OC.COC(=O)OCC(C)(C)c1cc(C(C)(C)C)c(NC(=O)c2c[nH]c3ccccc3c2=O)cc1OC(=O)OC.O=C(O)c1c[nH]c2ccccc2c1=O.[K+].[OH-]. The number of pyridine rings is 3. The molecule has 0 aliphatic carbocycles. The summed E-state index contributed by atoms with van der Waals surface area (Å²) in [6, 6.07) is 30.7. The number of carbonyl (C=O) groups excluding carboxylic acids is 6. The first-order chi connectivity index (χ1) is 50.8. The van der Waals surface area contributed by atoms with Gasteiger partial charge < -0.3 is 95.1 Å². The molecule has 9 aromatic rings. The fourth-order valence-corrected chi connectivity index (χ4v) is 11.1. The van der Waals surface area contributed by atoms with E-state index in [1.54, 1.807) is 92.7 Å². The molecule has 0 bridgehead atoms. The second kappa shape index (κ2) is 42.4. The van der Waals surface area contributed by atoms with E-state index in [1.807, 2.05) is 108 Å². The quantitative estimate of drug-likeness (QED) is 0.0150. The molecule has 0 saturated heterocycles. The van der Waals surface area contributed by atoms with Gasteiger partial charge in [0.2, 0.25) is 16.3 Å². The Labute approximate surface area is 699 Å². The molecule has 9 rings (SSSR count). The standard InChI is InChI=1S/C28H32N2O8.C24H28N2O4.C18H27NO6.C10H7NO3.CH4O.2CH4.K.H2O/c1-27(2,3)18-12-19(28(4,5)15-37-25(33)35-6)22(38-26(34)36-7)13-21(18)30-24(32)17-14-29-20-11-9-8-10-16(20)23(17)31;1-23(2,3)16-10-17(24(4,5)13-27)20(28)11-19(16)26-22(30)15-12-25-18-9-7-6-8-14(18)21(15)29;1-17(2,3)11-8-12(18(4,5)10-24-15(20)22-6)14(9-13(11)19)25-16(21)23-7;12-9-6-3-1-2-4-8(6)11-5-7(9)10(13)14;1-2;;;;/h8-14H,15H2,1-7H3,(H,29,31)(H,30,32);6-12,27-28H,13H2,1-5H3,(H,25,29)(H,26,30);8-9H,10,19H2,1-7H3;1-5H,(H,11,12)(H,13,14);2H,1H3;2*1H4;;1H2/q;;;;;;;+1;/p-1. The summed E-state index contributed by atoms with van der Waals surface area (Å²) in [5, 5.41) is 42.8. The number of aromatic nitrogens is 3. The van der Waals surface area contributed by atoms with Crippen molar-refractivity contribution in [3.05, 3.63) is 209 Å². The maximum Gasteiger partial charge on any atom is 1.00 e. The van der Waals surface area contributed by atoms with Crippen molar-refractivity contribution in [1.29, 1.82) is 0 Å². The number of rotatable bonds is 15. The molecule has 3 aromatic heterocycles. The number of para-hydroxylation sites is 3. The number of phenolic OH excluding ortho intramolecular Hbond substituents is 1. The fourth-order valence-electron chi connectivity index (χ4n) is 11.1. The Balaban J connectivity index is 0.000000770. The molecular formula is C83H107KN6O23. The number of nitrogens with two attached hydrogens (primary N) is 1. The van der Waals surface area contributed by atoms with E-state index in [2.05, 4.69) is 44.5 Å². The summed E-state index contributed by atoms with van der Waals surface area (Å²) in [7, 11) is 5.84. The number of hydrogen-bond acceptors (Lipinski definition) is 23. The molecule has 2 amide bonds. The number of hydrogen-bond donors (Lipinski definition) is 10. The van der Waals surface area contributed by atoms with Gasteiger partial charge in [-0.2, -0.15) is 0 Å². The summed E-state index contributed by atoms with van der Waals surface area (Å²) in [4.78, 5) is 130. The van der Waals surface area contributed by atoms with Gasteiger partial charge in [-0.05, 0) is 87.5 Å². The molecule has 0 saturated carbocycles. The number of nitrogens with one attached hydrogen (secondary N) is 5. The topological polar surface area (TPSA) is 453 Å². The number of carboxylic acids is 1. The number of phenols is 1. The largest absolute Gasteiger partial charge is 1.00 e. The molecule has 0 spiro atoms. The average Bonchev–Trinajstić information content (AvgIpc) is 0.826. The van der Waals surface area contributed by atoms with Crippen molar-refractivity contribution in [2.45, 2.75) is 151 Å². The van der Waals surface area contributed by atoms with Crippen LogP contribution >= 0.6 is 0 Å². The summed E-state index contributed by atoms with van der Waals surface area (Å²) in [6.45, 7) is 28.7. The van der Waals surface area contributed by atoms with Crippen LogP contribution in [0.5, 0.6) is 17.2 Å². The van der Waals surface area contributed by atoms with E-state index in [1.165, 1.54) is 59.2 Å². The Bertz CT molecular complexity index is 5020. The van der Waals surface area contributed by atoms with E-state index in [0.717, 1.165) is 18.2 Å². The van der Waals surface area contributed by atoms with Crippen molar-refractivity contribution < 1.29 is 149 Å². The molecule has 0 atom stereocenters. The molecule has 0 radical (unpaired) electrons. The number of carboxylic acid groups (broad SMARTS) is 1. The molecule has 12 N–H and O–H groups in total. The number of aliphatic hydroxyl groups excluding tert-OH is 2. The molecule has 6 aromatic carbocycles. The van der Waals surface area contributed by atoms with Crippen LogP contribution in [0.3, 0.4) is 0 Å². The maximum atomic E-state index is 13.3. The third-order valence-corrected chi connectivity index (χ3v) is 17.2. The van der Waals surface area contributed by atoms with Crippen LogP contribution in [0.2, 0.25) is 0 Å². The summed E-state index contributed by atoms with van der Waals surface area (Å²) in [5.74, 6) is -2.07. The van der Waals surface area contributed by atoms with Gasteiger partial charge in [-0.15, -0.1) is 0 Å². The molecule has 0 fully saturated rings.